The largest absolute Gasteiger partial charge is 0.496 e. The average molecular weight is 395 g/mol. The molecule has 2 aromatic rings. The van der Waals surface area contributed by atoms with Crippen LogP contribution in [0.25, 0.3) is 11.1 Å². The van der Waals surface area contributed by atoms with E-state index in [1.54, 1.807) is 0 Å². The highest BCUT2D eigenvalue weighted by Gasteiger charge is 2.51. The van der Waals surface area contributed by atoms with Gasteiger partial charge < -0.3 is 9.31 Å². The van der Waals surface area contributed by atoms with Crippen LogP contribution in [-0.4, -0.2) is 33.1 Å². The maximum atomic E-state index is 6.22. The van der Waals surface area contributed by atoms with E-state index in [2.05, 4.69) is 57.3 Å². The van der Waals surface area contributed by atoms with Gasteiger partial charge in [0.25, 0.3) is 0 Å². The Kier molecular flexibility index (Phi) is 5.37. The smallest absolute Gasteiger partial charge is 0.399 e. The first-order valence-corrected chi connectivity index (χ1v) is 11.0. The molecule has 5 nitrogen and oxygen atoms in total. The van der Waals surface area contributed by atoms with Crippen LogP contribution in [0.3, 0.4) is 0 Å². The van der Waals surface area contributed by atoms with Crippen LogP contribution >= 0.6 is 0 Å². The summed E-state index contributed by atoms with van der Waals surface area (Å²) in [5.41, 5.74) is 4.80. The highest BCUT2D eigenvalue weighted by molar-refractivity contribution is 6.62. The first-order chi connectivity index (χ1) is 13.7. The van der Waals surface area contributed by atoms with E-state index in [-0.39, 0.29) is 11.2 Å². The molecule has 29 heavy (non-hydrogen) atoms. The predicted molar refractivity (Wildman–Crippen MR) is 117 cm³/mol. The van der Waals surface area contributed by atoms with Gasteiger partial charge in [0.05, 0.1) is 16.9 Å². The number of aromatic nitrogens is 3. The molecule has 1 saturated heterocycles. The molecule has 1 saturated carbocycles. The predicted octanol–water partition coefficient (Wildman–Crippen LogP) is 4.44. The Labute approximate surface area is 175 Å². The molecule has 3 heterocycles. The van der Waals surface area contributed by atoms with Gasteiger partial charge in [-0.3, -0.25) is 9.67 Å². The first kappa shape index (κ1) is 20.6. The summed E-state index contributed by atoms with van der Waals surface area (Å²) in [5.74, 6) is 0.754. The van der Waals surface area contributed by atoms with Gasteiger partial charge in [0.15, 0.2) is 0 Å². The van der Waals surface area contributed by atoms with E-state index in [9.17, 15) is 0 Å². The molecular weight excluding hydrogens is 361 g/mol. The minimum absolute atomic E-state index is 0.357. The van der Waals surface area contributed by atoms with Gasteiger partial charge in [-0.2, -0.15) is 5.10 Å². The molecule has 2 aliphatic rings. The van der Waals surface area contributed by atoms with Gasteiger partial charge in [-0.1, -0.05) is 25.3 Å². The van der Waals surface area contributed by atoms with Gasteiger partial charge >= 0.3 is 7.12 Å². The van der Waals surface area contributed by atoms with Gasteiger partial charge in [-0.15, -0.1) is 0 Å². The Morgan fingerprint density at radius 3 is 2.34 bits per heavy atom. The third-order valence-corrected chi connectivity index (χ3v) is 7.11. The van der Waals surface area contributed by atoms with E-state index >= 15 is 0 Å². The quantitative estimate of drug-likeness (QED) is 0.718. The van der Waals surface area contributed by atoms with Crippen LogP contribution in [0.15, 0.2) is 18.5 Å². The monoisotopic (exact) mass is 395 g/mol. The molecule has 6 heteroatoms. The molecule has 0 aromatic carbocycles. The molecule has 2 aromatic heterocycles. The molecule has 156 valence electrons. The van der Waals surface area contributed by atoms with Gasteiger partial charge in [0.2, 0.25) is 0 Å². The summed E-state index contributed by atoms with van der Waals surface area (Å²) in [6.45, 7) is 13.6. The second-order valence-electron chi connectivity index (χ2n) is 9.83. The fourth-order valence-corrected chi connectivity index (χ4v) is 4.61. The Morgan fingerprint density at radius 2 is 1.69 bits per heavy atom. The molecule has 0 unspecified atom stereocenters. The summed E-state index contributed by atoms with van der Waals surface area (Å²) in [5, 5.41) is 4.88. The Morgan fingerprint density at radius 1 is 1.03 bits per heavy atom. The van der Waals surface area contributed by atoms with Gasteiger partial charge in [0.1, 0.15) is 0 Å². The highest BCUT2D eigenvalue weighted by atomic mass is 16.7. The molecule has 2 fully saturated rings. The van der Waals surface area contributed by atoms with E-state index in [1.807, 2.05) is 12.4 Å². The molecule has 1 aliphatic heterocycles. The highest BCUT2D eigenvalue weighted by Crippen LogP contribution is 2.37. The van der Waals surface area contributed by atoms with Crippen LogP contribution in [-0.2, 0) is 15.9 Å². The molecule has 0 spiro atoms. The minimum Gasteiger partial charge on any atom is -0.399 e. The lowest BCUT2D eigenvalue weighted by Gasteiger charge is -2.32. The van der Waals surface area contributed by atoms with Gasteiger partial charge in [-0.05, 0) is 60.3 Å². The number of hydrogen-bond acceptors (Lipinski definition) is 4. The van der Waals surface area contributed by atoms with E-state index in [0.717, 1.165) is 29.2 Å². The van der Waals surface area contributed by atoms with Crippen molar-refractivity contribution in [3.63, 3.8) is 0 Å². The summed E-state index contributed by atoms with van der Waals surface area (Å²) in [6.07, 6.45) is 10.5. The van der Waals surface area contributed by atoms with Crippen molar-refractivity contribution in [3.05, 3.63) is 29.8 Å². The number of pyridine rings is 1. The van der Waals surface area contributed by atoms with Crippen molar-refractivity contribution >= 4 is 12.6 Å². The summed E-state index contributed by atoms with van der Waals surface area (Å²) in [7, 11) is -0.398. The summed E-state index contributed by atoms with van der Waals surface area (Å²) in [6, 6.07) is 2.15. The van der Waals surface area contributed by atoms with Crippen LogP contribution in [0.2, 0.25) is 0 Å². The molecule has 1 aliphatic carbocycles. The normalized spacial score (nSPS) is 21.7. The number of nitrogens with zero attached hydrogens (tertiary/aromatic N) is 3. The molecular formula is C23H34BN3O2. The maximum Gasteiger partial charge on any atom is 0.496 e. The van der Waals surface area contributed by atoms with E-state index in [1.165, 1.54) is 43.4 Å². The van der Waals surface area contributed by atoms with Crippen molar-refractivity contribution in [2.24, 2.45) is 5.92 Å². The van der Waals surface area contributed by atoms with Crippen LogP contribution in [0.4, 0.5) is 0 Å². The topological polar surface area (TPSA) is 49.2 Å². The van der Waals surface area contributed by atoms with Crippen LogP contribution in [0.5, 0.6) is 0 Å². The van der Waals surface area contributed by atoms with Crippen molar-refractivity contribution in [2.75, 3.05) is 0 Å². The molecule has 0 radical (unpaired) electrons. The lowest BCUT2D eigenvalue weighted by atomic mass is 9.79. The molecule has 0 bridgehead atoms. The lowest BCUT2D eigenvalue weighted by molar-refractivity contribution is 0.00578. The number of rotatable bonds is 4. The average Bonchev–Trinajstić information content (AvgIpc) is 3.07. The van der Waals surface area contributed by atoms with Crippen molar-refractivity contribution in [1.29, 1.82) is 0 Å². The number of hydrogen-bond donors (Lipinski definition) is 0. The molecule has 0 atom stereocenters. The van der Waals surface area contributed by atoms with E-state index in [0.29, 0.717) is 0 Å². The third-order valence-electron chi connectivity index (χ3n) is 7.11. The lowest BCUT2D eigenvalue weighted by Crippen LogP contribution is -2.41. The third kappa shape index (κ3) is 3.89. The fraction of sp³-hybridized carbons (Fsp3) is 0.652. The zero-order chi connectivity index (χ0) is 20.8. The van der Waals surface area contributed by atoms with Crippen molar-refractivity contribution in [3.8, 4) is 11.1 Å². The maximum absolute atomic E-state index is 6.22. The Bertz CT molecular complexity index is 868. The Hall–Kier alpha value is -1.66. The first-order valence-electron chi connectivity index (χ1n) is 11.0. The number of aryl methyl sites for hydroxylation is 1. The van der Waals surface area contributed by atoms with Crippen molar-refractivity contribution < 1.29 is 9.31 Å². The molecule has 0 amide bonds. The zero-order valence-electron chi connectivity index (χ0n) is 18.8. The van der Waals surface area contributed by atoms with E-state index in [4.69, 9.17) is 14.4 Å². The minimum atomic E-state index is -0.398. The van der Waals surface area contributed by atoms with Gasteiger partial charge in [0, 0.05) is 41.2 Å². The zero-order valence-corrected chi connectivity index (χ0v) is 18.8. The van der Waals surface area contributed by atoms with Gasteiger partial charge in [-0.25, -0.2) is 0 Å². The van der Waals surface area contributed by atoms with Crippen molar-refractivity contribution in [2.45, 2.75) is 91.4 Å². The van der Waals surface area contributed by atoms with E-state index < -0.39 is 7.12 Å². The second-order valence-corrected chi connectivity index (χ2v) is 9.83. The van der Waals surface area contributed by atoms with Crippen LogP contribution in [0.1, 0.15) is 71.2 Å². The summed E-state index contributed by atoms with van der Waals surface area (Å²) >= 11 is 0. The second kappa shape index (κ2) is 7.55. The van der Waals surface area contributed by atoms with Crippen LogP contribution in [0, 0.1) is 19.8 Å². The van der Waals surface area contributed by atoms with Crippen LogP contribution < -0.4 is 5.46 Å². The fourth-order valence-electron chi connectivity index (χ4n) is 4.61. The summed E-state index contributed by atoms with van der Waals surface area (Å²) in [4.78, 5) is 4.51. The Balaban J connectivity index is 1.60. The molecule has 0 N–H and O–H groups in total. The summed E-state index contributed by atoms with van der Waals surface area (Å²) < 4.78 is 14.7. The standard InChI is InChI=1S/C23H34BN3O2/c1-16-21(17(2)27(26-16)15-18-10-8-7-9-11-18)19-12-20(14-25-13-19)24-28-22(3,4)23(5,6)29-24/h12-14,18H,7-11,15H2,1-6H3. The van der Waals surface area contributed by atoms with Crippen molar-refractivity contribution in [1.82, 2.24) is 14.8 Å². The SMILES string of the molecule is Cc1nn(CC2CCCCC2)c(C)c1-c1cncc(B2OC(C)(C)C(C)(C)O2)c1. The molecule has 4 rings (SSSR count).